The van der Waals surface area contributed by atoms with Crippen molar-refractivity contribution in [2.45, 2.75) is 45.1 Å². The lowest BCUT2D eigenvalue weighted by Crippen LogP contribution is -2.44. The quantitative estimate of drug-likeness (QED) is 0.807. The third kappa shape index (κ3) is 4.51. The van der Waals surface area contributed by atoms with Gasteiger partial charge in [-0.2, -0.15) is 11.8 Å². The molecule has 3 nitrogen and oxygen atoms in total. The Bertz CT molecular complexity index is 410. The molecule has 0 N–H and O–H groups in total. The fourth-order valence-electron chi connectivity index (χ4n) is 2.76. The Morgan fingerprint density at radius 1 is 1.45 bits per heavy atom. The van der Waals surface area contributed by atoms with E-state index in [4.69, 9.17) is 0 Å². The molecule has 110 valence electrons. The van der Waals surface area contributed by atoms with E-state index in [1.54, 1.807) is 11.8 Å². The molecule has 0 radical (unpaired) electrons. The van der Waals surface area contributed by atoms with Crippen molar-refractivity contribution >= 4 is 17.7 Å². The SMILES string of the molecule is CCSCC(=O)N1CCCC[C@@H]1CCc1ccccn1. The first-order chi connectivity index (χ1) is 9.81. The summed E-state index contributed by atoms with van der Waals surface area (Å²) in [5.41, 5.74) is 1.13. The molecule has 2 heterocycles. The highest BCUT2D eigenvalue weighted by atomic mass is 32.2. The molecule has 0 spiro atoms. The number of rotatable bonds is 6. The molecular weight excluding hydrogens is 268 g/mol. The number of likely N-dealkylation sites (tertiary alicyclic amines) is 1. The minimum atomic E-state index is 0.322. The molecule has 1 aliphatic heterocycles. The number of thioether (sulfide) groups is 1. The topological polar surface area (TPSA) is 33.2 Å². The van der Waals surface area contributed by atoms with Gasteiger partial charge in [0.25, 0.3) is 0 Å². The lowest BCUT2D eigenvalue weighted by atomic mass is 9.97. The van der Waals surface area contributed by atoms with Crippen molar-refractivity contribution in [1.29, 1.82) is 0 Å². The first-order valence-corrected chi connectivity index (χ1v) is 8.74. The van der Waals surface area contributed by atoms with Gasteiger partial charge in [0.15, 0.2) is 0 Å². The van der Waals surface area contributed by atoms with Crippen LogP contribution in [0.4, 0.5) is 0 Å². The maximum atomic E-state index is 12.3. The van der Waals surface area contributed by atoms with Crippen molar-refractivity contribution in [3.8, 4) is 0 Å². The van der Waals surface area contributed by atoms with E-state index in [0.29, 0.717) is 17.7 Å². The Kier molecular flexibility index (Phi) is 6.37. The summed E-state index contributed by atoms with van der Waals surface area (Å²) in [6.45, 7) is 3.04. The van der Waals surface area contributed by atoms with Gasteiger partial charge in [0.05, 0.1) is 5.75 Å². The number of hydrogen-bond donors (Lipinski definition) is 0. The van der Waals surface area contributed by atoms with Gasteiger partial charge < -0.3 is 4.90 Å². The van der Waals surface area contributed by atoms with E-state index < -0.39 is 0 Å². The van der Waals surface area contributed by atoms with Crippen LogP contribution in [0.1, 0.15) is 38.3 Å². The number of amides is 1. The molecule has 0 bridgehead atoms. The molecule has 0 aromatic carbocycles. The summed E-state index contributed by atoms with van der Waals surface area (Å²) >= 11 is 1.72. The molecule has 1 amide bonds. The Morgan fingerprint density at radius 2 is 2.35 bits per heavy atom. The molecule has 1 aromatic rings. The lowest BCUT2D eigenvalue weighted by Gasteiger charge is -2.36. The number of aryl methyl sites for hydroxylation is 1. The Morgan fingerprint density at radius 3 is 3.10 bits per heavy atom. The molecule has 1 saturated heterocycles. The van der Waals surface area contributed by atoms with Crippen molar-refractivity contribution in [2.75, 3.05) is 18.1 Å². The van der Waals surface area contributed by atoms with Crippen LogP contribution in [0.2, 0.25) is 0 Å². The van der Waals surface area contributed by atoms with E-state index in [2.05, 4.69) is 22.9 Å². The molecule has 1 fully saturated rings. The van der Waals surface area contributed by atoms with E-state index in [1.165, 1.54) is 6.42 Å². The number of carbonyl (C=O) groups excluding carboxylic acids is 1. The summed E-state index contributed by atoms with van der Waals surface area (Å²) in [6.07, 6.45) is 7.41. The van der Waals surface area contributed by atoms with Gasteiger partial charge in [0.2, 0.25) is 5.91 Å². The molecule has 1 atom stereocenters. The zero-order valence-corrected chi connectivity index (χ0v) is 13.1. The van der Waals surface area contributed by atoms with Gasteiger partial charge in [-0.3, -0.25) is 9.78 Å². The first kappa shape index (κ1) is 15.4. The number of aromatic nitrogens is 1. The lowest BCUT2D eigenvalue weighted by molar-refractivity contribution is -0.132. The van der Waals surface area contributed by atoms with Gasteiger partial charge in [0.1, 0.15) is 0 Å². The molecule has 0 saturated carbocycles. The minimum absolute atomic E-state index is 0.322. The van der Waals surface area contributed by atoms with E-state index in [9.17, 15) is 4.79 Å². The zero-order valence-electron chi connectivity index (χ0n) is 12.3. The van der Waals surface area contributed by atoms with Crippen LogP contribution in [-0.2, 0) is 11.2 Å². The number of hydrogen-bond acceptors (Lipinski definition) is 3. The number of piperidine rings is 1. The van der Waals surface area contributed by atoms with Crippen molar-refractivity contribution in [2.24, 2.45) is 0 Å². The number of nitrogens with zero attached hydrogens (tertiary/aromatic N) is 2. The van der Waals surface area contributed by atoms with E-state index in [-0.39, 0.29) is 0 Å². The van der Waals surface area contributed by atoms with Crippen LogP contribution in [0.5, 0.6) is 0 Å². The van der Waals surface area contributed by atoms with Gasteiger partial charge in [-0.1, -0.05) is 13.0 Å². The van der Waals surface area contributed by atoms with Crippen molar-refractivity contribution in [3.05, 3.63) is 30.1 Å². The highest BCUT2D eigenvalue weighted by molar-refractivity contribution is 7.99. The summed E-state index contributed by atoms with van der Waals surface area (Å²) in [4.78, 5) is 18.8. The van der Waals surface area contributed by atoms with Crippen LogP contribution in [-0.4, -0.2) is 39.9 Å². The van der Waals surface area contributed by atoms with Gasteiger partial charge >= 0.3 is 0 Å². The van der Waals surface area contributed by atoms with Crippen molar-refractivity contribution in [1.82, 2.24) is 9.88 Å². The maximum absolute atomic E-state index is 12.3. The Labute approximate surface area is 126 Å². The summed E-state index contributed by atoms with van der Waals surface area (Å²) in [5, 5.41) is 0. The van der Waals surface area contributed by atoms with E-state index >= 15 is 0 Å². The predicted octanol–water partition coefficient (Wildman–Crippen LogP) is 3.15. The van der Waals surface area contributed by atoms with Crippen LogP contribution in [0.3, 0.4) is 0 Å². The second-order valence-electron chi connectivity index (χ2n) is 5.23. The molecule has 1 aromatic heterocycles. The van der Waals surface area contributed by atoms with Crippen LogP contribution < -0.4 is 0 Å². The molecular formula is C16H24N2OS. The smallest absolute Gasteiger partial charge is 0.232 e. The van der Waals surface area contributed by atoms with Gasteiger partial charge in [0, 0.05) is 24.5 Å². The molecule has 20 heavy (non-hydrogen) atoms. The summed E-state index contributed by atoms with van der Waals surface area (Å²) < 4.78 is 0. The molecule has 1 aliphatic rings. The van der Waals surface area contributed by atoms with Crippen LogP contribution in [0.15, 0.2) is 24.4 Å². The Hall–Kier alpha value is -1.03. The largest absolute Gasteiger partial charge is 0.339 e. The highest BCUT2D eigenvalue weighted by Crippen LogP contribution is 2.22. The fourth-order valence-corrected chi connectivity index (χ4v) is 3.31. The fraction of sp³-hybridized carbons (Fsp3) is 0.625. The van der Waals surface area contributed by atoms with Crippen molar-refractivity contribution in [3.63, 3.8) is 0 Å². The molecule has 2 rings (SSSR count). The number of carbonyl (C=O) groups is 1. The summed E-state index contributed by atoms with van der Waals surface area (Å²) in [5.74, 6) is 1.97. The number of pyridine rings is 1. The predicted molar refractivity (Wildman–Crippen MR) is 84.9 cm³/mol. The van der Waals surface area contributed by atoms with Gasteiger partial charge in [-0.05, 0) is 50.0 Å². The van der Waals surface area contributed by atoms with Gasteiger partial charge in [-0.25, -0.2) is 0 Å². The Balaban J connectivity index is 1.88. The minimum Gasteiger partial charge on any atom is -0.339 e. The summed E-state index contributed by atoms with van der Waals surface area (Å²) in [7, 11) is 0. The standard InChI is InChI=1S/C16H24N2OS/c1-2-20-13-16(19)18-12-6-4-8-15(18)10-9-14-7-3-5-11-17-14/h3,5,7,11,15H,2,4,6,8-10,12-13H2,1H3/t15-/m1/s1. The zero-order chi connectivity index (χ0) is 14.2. The summed E-state index contributed by atoms with van der Waals surface area (Å²) in [6, 6.07) is 6.46. The molecule has 4 heteroatoms. The average Bonchev–Trinajstić information content (AvgIpc) is 2.52. The maximum Gasteiger partial charge on any atom is 0.232 e. The molecule has 0 aliphatic carbocycles. The third-order valence-corrected chi connectivity index (χ3v) is 4.70. The molecule has 0 unspecified atom stereocenters. The van der Waals surface area contributed by atoms with E-state index in [1.807, 2.05) is 18.3 Å². The van der Waals surface area contributed by atoms with Crippen LogP contribution in [0, 0.1) is 0 Å². The monoisotopic (exact) mass is 292 g/mol. The second kappa shape index (κ2) is 8.30. The normalized spacial score (nSPS) is 19.1. The average molecular weight is 292 g/mol. The van der Waals surface area contributed by atoms with Crippen LogP contribution >= 0.6 is 11.8 Å². The second-order valence-corrected chi connectivity index (χ2v) is 6.51. The first-order valence-electron chi connectivity index (χ1n) is 7.58. The van der Waals surface area contributed by atoms with Gasteiger partial charge in [-0.15, -0.1) is 0 Å². The van der Waals surface area contributed by atoms with E-state index in [0.717, 1.165) is 43.7 Å². The van der Waals surface area contributed by atoms with Crippen LogP contribution in [0.25, 0.3) is 0 Å². The third-order valence-electron chi connectivity index (χ3n) is 3.84. The van der Waals surface area contributed by atoms with Crippen molar-refractivity contribution < 1.29 is 4.79 Å². The highest BCUT2D eigenvalue weighted by Gasteiger charge is 2.25.